The van der Waals surface area contributed by atoms with Crippen LogP contribution < -0.4 is 0 Å². The molecule has 0 saturated heterocycles. The second-order valence-electron chi connectivity index (χ2n) is 4.66. The van der Waals surface area contributed by atoms with Gasteiger partial charge in [-0.25, -0.2) is 0 Å². The van der Waals surface area contributed by atoms with E-state index >= 15 is 0 Å². The minimum absolute atomic E-state index is 0.0765. The highest BCUT2D eigenvalue weighted by molar-refractivity contribution is 5.22. The molecule has 106 valence electrons. The van der Waals surface area contributed by atoms with Gasteiger partial charge in [0.25, 0.3) is 0 Å². The summed E-state index contributed by atoms with van der Waals surface area (Å²) in [5.74, 6) is 0.504. The molecule has 0 aliphatic carbocycles. The van der Waals surface area contributed by atoms with E-state index in [1.165, 1.54) is 0 Å². The minimum Gasteiger partial charge on any atom is -0.509 e. The van der Waals surface area contributed by atoms with Crippen molar-refractivity contribution in [2.75, 3.05) is 13.6 Å². The van der Waals surface area contributed by atoms with Crippen molar-refractivity contribution < 1.29 is 5.11 Å². The number of hydrogen-bond acceptors (Lipinski definition) is 2. The van der Waals surface area contributed by atoms with Gasteiger partial charge in [-0.05, 0) is 45.9 Å². The highest BCUT2D eigenvalue weighted by Crippen LogP contribution is 2.15. The Labute approximate surface area is 114 Å². The second-order valence-corrected chi connectivity index (χ2v) is 4.66. The van der Waals surface area contributed by atoms with E-state index in [-0.39, 0.29) is 5.76 Å². The Balaban J connectivity index is 0. The normalized spacial score (nSPS) is 12.4. The average molecular weight is 253 g/mol. The van der Waals surface area contributed by atoms with Crippen LogP contribution in [0.15, 0.2) is 36.6 Å². The molecular formula is C16H31NO. The number of rotatable bonds is 7. The van der Waals surface area contributed by atoms with Crippen LogP contribution in [0.3, 0.4) is 0 Å². The highest BCUT2D eigenvalue weighted by Gasteiger charge is 2.08. The standard InChI is InChI=1S/C14H25NO.C2H6/c1-11(2)15(6)10-9-13(4)12(3)7-8-14(5)16;1-2/h7-8,11,13,16H,3,5,9-10H2,1-2,4,6H3;1-2H3/b8-7-;. The van der Waals surface area contributed by atoms with Crippen molar-refractivity contribution in [3.05, 3.63) is 36.6 Å². The Morgan fingerprint density at radius 2 is 1.67 bits per heavy atom. The van der Waals surface area contributed by atoms with Gasteiger partial charge in [0.15, 0.2) is 0 Å². The summed E-state index contributed by atoms with van der Waals surface area (Å²) in [7, 11) is 2.13. The largest absolute Gasteiger partial charge is 0.509 e. The smallest absolute Gasteiger partial charge is 0.108 e. The third-order valence-corrected chi connectivity index (χ3v) is 2.92. The summed E-state index contributed by atoms with van der Waals surface area (Å²) in [6.45, 7) is 19.0. The maximum Gasteiger partial charge on any atom is 0.108 e. The summed E-state index contributed by atoms with van der Waals surface area (Å²) in [4.78, 5) is 2.32. The van der Waals surface area contributed by atoms with E-state index < -0.39 is 0 Å². The lowest BCUT2D eigenvalue weighted by atomic mass is 9.98. The van der Waals surface area contributed by atoms with Gasteiger partial charge in [-0.3, -0.25) is 0 Å². The lowest BCUT2D eigenvalue weighted by Gasteiger charge is -2.23. The zero-order valence-corrected chi connectivity index (χ0v) is 13.0. The van der Waals surface area contributed by atoms with Crippen LogP contribution in [0.2, 0.25) is 0 Å². The second kappa shape index (κ2) is 11.1. The molecule has 0 aliphatic heterocycles. The Morgan fingerprint density at radius 3 is 2.06 bits per heavy atom. The van der Waals surface area contributed by atoms with Gasteiger partial charge in [-0.2, -0.15) is 0 Å². The number of aliphatic hydroxyl groups is 1. The SMILES string of the molecule is C=C(O)/C=C\C(=C)C(C)CCN(C)C(C)C.CC. The maximum absolute atomic E-state index is 8.94. The Kier molecular flexibility index (Phi) is 11.9. The number of nitrogens with zero attached hydrogens (tertiary/aromatic N) is 1. The van der Waals surface area contributed by atoms with Crippen LogP contribution in [-0.4, -0.2) is 29.6 Å². The molecule has 1 N–H and O–H groups in total. The lowest BCUT2D eigenvalue weighted by molar-refractivity contribution is 0.260. The highest BCUT2D eigenvalue weighted by atomic mass is 16.3. The van der Waals surface area contributed by atoms with E-state index in [2.05, 4.69) is 45.9 Å². The predicted octanol–water partition coefficient (Wildman–Crippen LogP) is 4.56. The summed E-state index contributed by atoms with van der Waals surface area (Å²) >= 11 is 0. The van der Waals surface area contributed by atoms with Gasteiger partial charge in [-0.15, -0.1) is 0 Å². The van der Waals surface area contributed by atoms with Gasteiger partial charge in [0.1, 0.15) is 5.76 Å². The molecule has 0 amide bonds. The first-order valence-electron chi connectivity index (χ1n) is 6.79. The Hall–Kier alpha value is -1.02. The summed E-state index contributed by atoms with van der Waals surface area (Å²) in [6, 6.07) is 0.577. The third kappa shape index (κ3) is 10.2. The first kappa shape index (κ1) is 19.3. The van der Waals surface area contributed by atoms with Crippen LogP contribution in [0.1, 0.15) is 41.0 Å². The van der Waals surface area contributed by atoms with Crippen molar-refractivity contribution in [3.8, 4) is 0 Å². The molecule has 0 spiro atoms. The fourth-order valence-corrected chi connectivity index (χ4v) is 1.21. The number of aliphatic hydroxyl groups excluding tert-OH is 1. The van der Waals surface area contributed by atoms with E-state index in [1.807, 2.05) is 19.9 Å². The van der Waals surface area contributed by atoms with E-state index in [1.54, 1.807) is 6.08 Å². The molecule has 0 fully saturated rings. The summed E-state index contributed by atoms with van der Waals surface area (Å²) in [6.07, 6.45) is 4.50. The topological polar surface area (TPSA) is 23.5 Å². The molecule has 2 heteroatoms. The predicted molar refractivity (Wildman–Crippen MR) is 82.9 cm³/mol. The monoisotopic (exact) mass is 253 g/mol. The van der Waals surface area contributed by atoms with Gasteiger partial charge >= 0.3 is 0 Å². The molecule has 0 rings (SSSR count). The van der Waals surface area contributed by atoms with Crippen LogP contribution in [0.25, 0.3) is 0 Å². The van der Waals surface area contributed by atoms with E-state index in [0.29, 0.717) is 12.0 Å². The van der Waals surface area contributed by atoms with Crippen molar-refractivity contribution in [2.45, 2.75) is 47.1 Å². The quantitative estimate of drug-likeness (QED) is 0.531. The molecular weight excluding hydrogens is 222 g/mol. The lowest BCUT2D eigenvalue weighted by Crippen LogP contribution is -2.28. The molecule has 0 aliphatic rings. The molecule has 0 aromatic carbocycles. The molecule has 0 heterocycles. The molecule has 18 heavy (non-hydrogen) atoms. The van der Waals surface area contributed by atoms with E-state index in [9.17, 15) is 0 Å². The molecule has 0 aromatic rings. The summed E-state index contributed by atoms with van der Waals surface area (Å²) < 4.78 is 0. The number of hydrogen-bond donors (Lipinski definition) is 1. The zero-order chi connectivity index (χ0) is 14.7. The molecule has 0 radical (unpaired) electrons. The van der Waals surface area contributed by atoms with Crippen molar-refractivity contribution in [3.63, 3.8) is 0 Å². The molecule has 0 aromatic heterocycles. The van der Waals surface area contributed by atoms with Gasteiger partial charge in [0.05, 0.1) is 0 Å². The van der Waals surface area contributed by atoms with E-state index in [4.69, 9.17) is 5.11 Å². The zero-order valence-electron chi connectivity index (χ0n) is 13.0. The van der Waals surface area contributed by atoms with Gasteiger partial charge in [0, 0.05) is 6.04 Å². The molecule has 0 bridgehead atoms. The molecule has 1 atom stereocenters. The molecule has 0 saturated carbocycles. The van der Waals surface area contributed by atoms with Crippen molar-refractivity contribution >= 4 is 0 Å². The van der Waals surface area contributed by atoms with E-state index in [0.717, 1.165) is 18.5 Å². The average Bonchev–Trinajstić information content (AvgIpc) is 2.34. The van der Waals surface area contributed by atoms with Crippen LogP contribution in [0.4, 0.5) is 0 Å². The minimum atomic E-state index is 0.0765. The van der Waals surface area contributed by atoms with Crippen LogP contribution in [0.5, 0.6) is 0 Å². The fraction of sp³-hybridized carbons (Fsp3) is 0.625. The first-order chi connectivity index (χ1) is 8.34. The van der Waals surface area contributed by atoms with Crippen LogP contribution in [-0.2, 0) is 0 Å². The Morgan fingerprint density at radius 1 is 1.17 bits per heavy atom. The Bertz CT molecular complexity index is 266. The summed E-state index contributed by atoms with van der Waals surface area (Å²) in [5.41, 5.74) is 1.03. The fourth-order valence-electron chi connectivity index (χ4n) is 1.21. The first-order valence-corrected chi connectivity index (χ1v) is 6.79. The molecule has 2 nitrogen and oxygen atoms in total. The van der Waals surface area contributed by atoms with Gasteiger partial charge in [-0.1, -0.05) is 45.6 Å². The van der Waals surface area contributed by atoms with Crippen molar-refractivity contribution in [2.24, 2.45) is 5.92 Å². The van der Waals surface area contributed by atoms with Gasteiger partial charge < -0.3 is 10.0 Å². The number of allylic oxidation sites excluding steroid dienone is 3. The van der Waals surface area contributed by atoms with Crippen molar-refractivity contribution in [1.29, 1.82) is 0 Å². The van der Waals surface area contributed by atoms with Crippen molar-refractivity contribution in [1.82, 2.24) is 4.90 Å². The van der Waals surface area contributed by atoms with Gasteiger partial charge in [0.2, 0.25) is 0 Å². The molecule has 1 unspecified atom stereocenters. The summed E-state index contributed by atoms with van der Waals surface area (Å²) in [5, 5.41) is 8.94. The third-order valence-electron chi connectivity index (χ3n) is 2.92. The van der Waals surface area contributed by atoms with Crippen LogP contribution >= 0.6 is 0 Å². The maximum atomic E-state index is 8.94. The van der Waals surface area contributed by atoms with Crippen LogP contribution in [0, 0.1) is 5.92 Å².